The van der Waals surface area contributed by atoms with Gasteiger partial charge in [-0.15, -0.1) is 0 Å². The van der Waals surface area contributed by atoms with Gasteiger partial charge in [-0.05, 0) is 0 Å². The quantitative estimate of drug-likeness (QED) is 0.264. The van der Waals surface area contributed by atoms with E-state index in [1.165, 1.54) is 0 Å². The smallest absolute Gasteiger partial charge is 1.00 e. The molecule has 0 aromatic carbocycles. The third-order valence-electron chi connectivity index (χ3n) is 0. The van der Waals surface area contributed by atoms with Crippen molar-refractivity contribution < 1.29 is 61.0 Å². The van der Waals surface area contributed by atoms with Crippen molar-refractivity contribution in [3.8, 4) is 0 Å². The second kappa shape index (κ2) is 15.8. The molecule has 0 aliphatic heterocycles. The van der Waals surface area contributed by atoms with Gasteiger partial charge in [-0.2, -0.15) is 0 Å². The van der Waals surface area contributed by atoms with Crippen LogP contribution < -0.4 is 17.0 Å². The van der Waals surface area contributed by atoms with Crippen molar-refractivity contribution in [2.75, 3.05) is 0 Å². The normalized spacial score (nSPS) is 3.43. The molecule has 7 heteroatoms. The summed E-state index contributed by atoms with van der Waals surface area (Å²) in [6.07, 6.45) is 0. The first kappa shape index (κ1) is 24.7. The van der Waals surface area contributed by atoms with E-state index in [1.54, 1.807) is 0 Å². The van der Waals surface area contributed by atoms with Crippen LogP contribution in [0.2, 0.25) is 0 Å². The Morgan fingerprint density at radius 3 is 1.14 bits per heavy atom. The largest absolute Gasteiger partial charge is 2.00 e. The van der Waals surface area contributed by atoms with Crippen molar-refractivity contribution in [3.05, 3.63) is 15.3 Å². The van der Waals surface area contributed by atoms with Crippen LogP contribution in [0.15, 0.2) is 0 Å². The first-order valence-corrected chi connectivity index (χ1v) is 0.548. The van der Waals surface area contributed by atoms with Crippen LogP contribution in [0.25, 0.3) is 0 Å². The Balaban J connectivity index is -0.0000000150. The van der Waals surface area contributed by atoms with E-state index < -0.39 is 5.09 Å². The zero-order chi connectivity index (χ0) is 3.58. The Morgan fingerprint density at radius 2 is 1.14 bits per heavy atom. The Kier molecular flexibility index (Phi) is 55.6. The molecule has 0 spiro atoms. The number of hydrogen-bond acceptors (Lipinski definition) is 3. The van der Waals surface area contributed by atoms with Gasteiger partial charge in [-0.25, -0.2) is 0 Å². The minimum atomic E-state index is -1.75. The van der Waals surface area contributed by atoms with E-state index in [0.29, 0.717) is 0 Å². The van der Waals surface area contributed by atoms with Gasteiger partial charge in [0, 0.05) is 0 Å². The van der Waals surface area contributed by atoms with E-state index in [9.17, 15) is 0 Å². The van der Waals surface area contributed by atoms with E-state index in [4.69, 9.17) is 15.3 Å². The molecule has 0 aliphatic carbocycles. The molecule has 0 amide bonds. The maximum absolute atomic E-state index is 8.25. The predicted octanol–water partition coefficient (Wildman–Crippen LogP) is -3.24. The maximum atomic E-state index is 8.25. The van der Waals surface area contributed by atoms with Crippen LogP contribution in [0.5, 0.6) is 0 Å². The van der Waals surface area contributed by atoms with Crippen LogP contribution in [-0.2, 0) is 39.0 Å². The van der Waals surface area contributed by atoms with E-state index in [1.807, 2.05) is 0 Å². The fourth-order valence-electron chi connectivity index (χ4n) is 0. The number of halogens is 1. The molecule has 0 heterocycles. The molecule has 7 heavy (non-hydrogen) atoms. The summed E-state index contributed by atoms with van der Waals surface area (Å²) in [5.41, 5.74) is 0. The third kappa shape index (κ3) is 196. The number of nitrogens with zero attached hydrogens (tertiary/aromatic N) is 1. The first-order valence-electron chi connectivity index (χ1n) is 0.548. The van der Waals surface area contributed by atoms with Crippen molar-refractivity contribution in [1.29, 1.82) is 0 Å². The topological polar surface area (TPSA) is 66.2 Å². The second-order valence-corrected chi connectivity index (χ2v) is 0.224. The van der Waals surface area contributed by atoms with E-state index in [-0.39, 0.29) is 55.9 Å². The van der Waals surface area contributed by atoms with Gasteiger partial charge in [0.25, 0.3) is 0 Å². The average molecular weight is 273 g/mol. The summed E-state index contributed by atoms with van der Waals surface area (Å²) in [5, 5.41) is 14.8. The Bertz CT molecular complexity index is 35.9. The van der Waals surface area contributed by atoms with Crippen LogP contribution in [0.3, 0.4) is 0 Å². The van der Waals surface area contributed by atoms with Crippen LogP contribution >= 0.6 is 0 Å². The molecule has 0 fully saturated rings. The van der Waals surface area contributed by atoms with Crippen LogP contribution in [-0.4, -0.2) is 5.09 Å². The van der Waals surface area contributed by atoms with E-state index >= 15 is 0 Å². The van der Waals surface area contributed by atoms with Gasteiger partial charge in [0.15, 0.2) is 0 Å². The van der Waals surface area contributed by atoms with E-state index in [0.717, 1.165) is 0 Å². The summed E-state index contributed by atoms with van der Waals surface area (Å²) in [6, 6.07) is 0. The van der Waals surface area contributed by atoms with Gasteiger partial charge in [0.1, 0.15) is 0 Å². The van der Waals surface area contributed by atoms with Crippen LogP contribution in [0.4, 0.5) is 0 Å². The molecule has 0 saturated carbocycles. The van der Waals surface area contributed by atoms with Crippen molar-refractivity contribution >= 4 is 0 Å². The average Bonchev–Trinajstić information content (AvgIpc) is 0.811. The Hall–Kier alpha value is 0.927. The summed E-state index contributed by atoms with van der Waals surface area (Å²) >= 11 is 0. The molecule has 0 aliphatic rings. The summed E-state index contributed by atoms with van der Waals surface area (Å²) in [6.45, 7) is 0. The molecular formula is BrNO3Zn2+2. The molecule has 0 bridgehead atoms. The zero-order valence-electron chi connectivity index (χ0n) is 3.46. The number of rotatable bonds is 0. The summed E-state index contributed by atoms with van der Waals surface area (Å²) < 4.78 is 0. The SMILES string of the molecule is O=[N+]([O-])[O-].[Br-].[Zn+2].[Zn+2]. The van der Waals surface area contributed by atoms with Gasteiger partial charge >= 0.3 is 39.0 Å². The second-order valence-electron chi connectivity index (χ2n) is 0.224. The van der Waals surface area contributed by atoms with Crippen LogP contribution in [0.1, 0.15) is 0 Å². The van der Waals surface area contributed by atoms with Gasteiger partial charge in [0.05, 0.1) is 5.09 Å². The van der Waals surface area contributed by atoms with Crippen LogP contribution in [0, 0.1) is 15.3 Å². The minimum absolute atomic E-state index is 0. The molecule has 0 aromatic rings. The summed E-state index contributed by atoms with van der Waals surface area (Å²) in [5.74, 6) is 0. The predicted molar refractivity (Wildman–Crippen MR) is 10.4 cm³/mol. The minimum Gasteiger partial charge on any atom is -1.00 e. The van der Waals surface area contributed by atoms with Crippen molar-refractivity contribution in [1.82, 2.24) is 0 Å². The standard InChI is InChI=1S/BrH.NO3.2Zn/c;2-1(3)4;;/h1H;;;/q;-1;2*+2/p-1. The van der Waals surface area contributed by atoms with Gasteiger partial charge in [0.2, 0.25) is 0 Å². The van der Waals surface area contributed by atoms with Gasteiger partial charge in [-0.3, -0.25) is 0 Å². The van der Waals surface area contributed by atoms with Gasteiger partial charge in [-0.1, -0.05) is 0 Å². The molecule has 0 atom stereocenters. The maximum Gasteiger partial charge on any atom is 2.00 e. The van der Waals surface area contributed by atoms with Gasteiger partial charge < -0.3 is 32.3 Å². The first-order chi connectivity index (χ1) is 1.73. The molecule has 0 N–H and O–H groups in total. The van der Waals surface area contributed by atoms with Crippen molar-refractivity contribution in [3.63, 3.8) is 0 Å². The number of hydrogen-bond donors (Lipinski definition) is 0. The molecule has 0 aromatic heterocycles. The fourth-order valence-corrected chi connectivity index (χ4v) is 0. The third-order valence-corrected chi connectivity index (χ3v) is 0. The zero-order valence-corrected chi connectivity index (χ0v) is 11.0. The summed E-state index contributed by atoms with van der Waals surface area (Å²) in [7, 11) is 0. The van der Waals surface area contributed by atoms with E-state index in [2.05, 4.69) is 0 Å². The molecule has 4 nitrogen and oxygen atoms in total. The molecule has 0 unspecified atom stereocenters. The Labute approximate surface area is 76.1 Å². The van der Waals surface area contributed by atoms with Crippen molar-refractivity contribution in [2.24, 2.45) is 0 Å². The monoisotopic (exact) mass is 269 g/mol. The Morgan fingerprint density at radius 1 is 1.14 bits per heavy atom. The molecule has 0 radical (unpaired) electrons. The molecular weight excluding hydrogens is 273 g/mol. The molecule has 32 valence electrons. The van der Waals surface area contributed by atoms with Crippen molar-refractivity contribution in [2.45, 2.75) is 0 Å². The fraction of sp³-hybridized carbons (Fsp3) is 0. The summed E-state index contributed by atoms with van der Waals surface area (Å²) in [4.78, 5) is 8.25. The molecule has 0 rings (SSSR count). The molecule has 0 saturated heterocycles.